The Morgan fingerprint density at radius 2 is 1.67 bits per heavy atom. The van der Waals surface area contributed by atoms with Crippen LogP contribution in [0.4, 0.5) is 4.79 Å². The van der Waals surface area contributed by atoms with Crippen LogP contribution in [0.5, 0.6) is 0 Å². The second-order valence-corrected chi connectivity index (χ2v) is 4.66. The van der Waals surface area contributed by atoms with E-state index < -0.39 is 17.3 Å². The minimum atomic E-state index is -0.697. The maximum absolute atomic E-state index is 11.5. The molecule has 15 heavy (non-hydrogen) atoms. The van der Waals surface area contributed by atoms with Gasteiger partial charge >= 0.3 is 6.03 Å². The second-order valence-electron chi connectivity index (χ2n) is 4.01. The monoisotopic (exact) mass is 234 g/mol. The molecule has 3 amide bonds. The van der Waals surface area contributed by atoms with E-state index in [2.05, 4.69) is 5.32 Å². The topological polar surface area (TPSA) is 49.4 Å². The van der Waals surface area contributed by atoms with Crippen molar-refractivity contribution in [2.45, 2.75) is 39.1 Å². The van der Waals surface area contributed by atoms with Crippen molar-refractivity contribution in [2.24, 2.45) is 5.92 Å². The van der Waals surface area contributed by atoms with E-state index in [1.54, 1.807) is 7.05 Å². The first-order chi connectivity index (χ1) is 6.77. The van der Waals surface area contributed by atoms with Gasteiger partial charge in [0, 0.05) is 13.1 Å². The summed E-state index contributed by atoms with van der Waals surface area (Å²) in [6.45, 7) is 7.48. The van der Waals surface area contributed by atoms with Crippen LogP contribution >= 0.6 is 11.6 Å². The third-order valence-electron chi connectivity index (χ3n) is 2.49. The van der Waals surface area contributed by atoms with E-state index in [0.29, 0.717) is 5.92 Å². The number of urea groups is 1. The number of hydrogen-bond acceptors (Lipinski definition) is 2. The predicted molar refractivity (Wildman–Crippen MR) is 60.9 cm³/mol. The lowest BCUT2D eigenvalue weighted by molar-refractivity contribution is -0.119. The Balaban J connectivity index is 4.28. The number of nitrogens with one attached hydrogen (secondary N) is 1. The summed E-state index contributed by atoms with van der Waals surface area (Å²) in [5.74, 6) is -0.131. The first kappa shape index (κ1) is 14.2. The summed E-state index contributed by atoms with van der Waals surface area (Å²) in [4.78, 5) is 24.2. The highest BCUT2D eigenvalue weighted by molar-refractivity contribution is 6.31. The normalized spacial score (nSPS) is 14.6. The number of hydrogen-bond donors (Lipinski definition) is 1. The molecule has 0 heterocycles. The molecule has 0 saturated heterocycles. The highest BCUT2D eigenvalue weighted by Gasteiger charge is 2.21. The van der Waals surface area contributed by atoms with Crippen molar-refractivity contribution in [3.8, 4) is 0 Å². The zero-order valence-corrected chi connectivity index (χ0v) is 10.6. The standard InChI is InChI=1S/C10H19ClN2O2/c1-6(2)8(4)13(5)10(15)12-9(14)7(3)11/h6-8H,1-5H3,(H,12,14,15). The SMILES string of the molecule is CC(Cl)C(=O)NC(=O)N(C)C(C)C(C)C. The van der Waals surface area contributed by atoms with Crippen molar-refractivity contribution < 1.29 is 9.59 Å². The molecule has 0 bridgehead atoms. The smallest absolute Gasteiger partial charge is 0.324 e. The fraction of sp³-hybridized carbons (Fsp3) is 0.800. The molecule has 5 heteroatoms. The Morgan fingerprint density at radius 1 is 1.20 bits per heavy atom. The fourth-order valence-electron chi connectivity index (χ4n) is 0.925. The molecule has 0 aliphatic carbocycles. The molecule has 1 N–H and O–H groups in total. The first-order valence-corrected chi connectivity index (χ1v) is 5.42. The largest absolute Gasteiger partial charge is 0.325 e. The summed E-state index contributed by atoms with van der Waals surface area (Å²) in [5, 5.41) is 1.53. The maximum Gasteiger partial charge on any atom is 0.324 e. The average molecular weight is 235 g/mol. The van der Waals surface area contributed by atoms with Gasteiger partial charge < -0.3 is 4.90 Å². The van der Waals surface area contributed by atoms with E-state index >= 15 is 0 Å². The van der Waals surface area contributed by atoms with Crippen molar-refractivity contribution in [2.75, 3.05) is 7.05 Å². The molecule has 0 aromatic rings. The minimum absolute atomic E-state index is 0.0726. The van der Waals surface area contributed by atoms with Gasteiger partial charge in [-0.1, -0.05) is 13.8 Å². The van der Waals surface area contributed by atoms with Crippen LogP contribution in [0.2, 0.25) is 0 Å². The van der Waals surface area contributed by atoms with E-state index in [-0.39, 0.29) is 6.04 Å². The zero-order valence-electron chi connectivity index (χ0n) is 9.87. The Morgan fingerprint density at radius 3 is 2.00 bits per heavy atom. The highest BCUT2D eigenvalue weighted by atomic mass is 35.5. The lowest BCUT2D eigenvalue weighted by Crippen LogP contribution is -2.47. The van der Waals surface area contributed by atoms with Gasteiger partial charge in [-0.3, -0.25) is 10.1 Å². The molecule has 2 unspecified atom stereocenters. The van der Waals surface area contributed by atoms with Gasteiger partial charge in [0.15, 0.2) is 0 Å². The van der Waals surface area contributed by atoms with E-state index in [4.69, 9.17) is 11.6 Å². The van der Waals surface area contributed by atoms with E-state index in [1.165, 1.54) is 11.8 Å². The van der Waals surface area contributed by atoms with Gasteiger partial charge in [-0.05, 0) is 19.8 Å². The van der Waals surface area contributed by atoms with E-state index in [0.717, 1.165) is 0 Å². The van der Waals surface area contributed by atoms with Gasteiger partial charge in [0.05, 0.1) is 0 Å². The molecule has 2 atom stereocenters. The Kier molecular flexibility index (Phi) is 5.65. The minimum Gasteiger partial charge on any atom is -0.325 e. The van der Waals surface area contributed by atoms with Crippen LogP contribution in [0.1, 0.15) is 27.7 Å². The number of imide groups is 1. The number of alkyl halides is 1. The third kappa shape index (κ3) is 4.51. The Labute approximate surface area is 96.0 Å². The molecule has 4 nitrogen and oxygen atoms in total. The number of amides is 3. The van der Waals surface area contributed by atoms with Crippen LogP contribution in [-0.4, -0.2) is 35.3 Å². The Hall–Kier alpha value is -0.770. The summed E-state index contributed by atoms with van der Waals surface area (Å²) in [6, 6.07) is -0.336. The predicted octanol–water partition coefficient (Wildman–Crippen LogP) is 1.83. The summed E-state index contributed by atoms with van der Waals surface area (Å²) in [6.07, 6.45) is 0. The lowest BCUT2D eigenvalue weighted by atomic mass is 10.1. The van der Waals surface area contributed by atoms with Crippen molar-refractivity contribution in [1.82, 2.24) is 10.2 Å². The molecule has 88 valence electrons. The third-order valence-corrected chi connectivity index (χ3v) is 2.69. The van der Waals surface area contributed by atoms with Gasteiger partial charge in [0.25, 0.3) is 0 Å². The fourth-order valence-corrected chi connectivity index (χ4v) is 0.980. The summed E-state index contributed by atoms with van der Waals surface area (Å²) < 4.78 is 0. The van der Waals surface area contributed by atoms with E-state index in [9.17, 15) is 9.59 Å². The molecule has 0 rings (SSSR count). The molecule has 0 aromatic heterocycles. The van der Waals surface area contributed by atoms with Gasteiger partial charge in [0.1, 0.15) is 5.38 Å². The van der Waals surface area contributed by atoms with Crippen LogP contribution in [-0.2, 0) is 4.79 Å². The number of rotatable bonds is 3. The maximum atomic E-state index is 11.5. The highest BCUT2D eigenvalue weighted by Crippen LogP contribution is 2.08. The van der Waals surface area contributed by atoms with E-state index in [1.807, 2.05) is 20.8 Å². The van der Waals surface area contributed by atoms with Crippen LogP contribution in [0.3, 0.4) is 0 Å². The summed E-state index contributed by atoms with van der Waals surface area (Å²) >= 11 is 5.54. The van der Waals surface area contributed by atoms with Crippen molar-refractivity contribution >= 4 is 23.5 Å². The van der Waals surface area contributed by atoms with Crippen LogP contribution in [0, 0.1) is 5.92 Å². The molecule has 0 aliphatic heterocycles. The lowest BCUT2D eigenvalue weighted by Gasteiger charge is -2.27. The first-order valence-electron chi connectivity index (χ1n) is 4.99. The molecule has 0 spiro atoms. The molecule has 0 saturated carbocycles. The average Bonchev–Trinajstić information content (AvgIpc) is 2.14. The van der Waals surface area contributed by atoms with Crippen LogP contribution in [0.15, 0.2) is 0 Å². The molecule has 0 aromatic carbocycles. The van der Waals surface area contributed by atoms with Gasteiger partial charge in [-0.15, -0.1) is 11.6 Å². The quantitative estimate of drug-likeness (QED) is 0.758. The van der Waals surface area contributed by atoms with Crippen molar-refractivity contribution in [3.05, 3.63) is 0 Å². The summed E-state index contributed by atoms with van der Waals surface area (Å²) in [5.41, 5.74) is 0. The summed E-state index contributed by atoms with van der Waals surface area (Å²) in [7, 11) is 1.66. The van der Waals surface area contributed by atoms with Crippen molar-refractivity contribution in [3.63, 3.8) is 0 Å². The number of halogens is 1. The molecule has 0 aliphatic rings. The van der Waals surface area contributed by atoms with Crippen LogP contribution < -0.4 is 5.32 Å². The zero-order chi connectivity index (χ0) is 12.2. The number of carbonyl (C=O) groups excluding carboxylic acids is 2. The van der Waals surface area contributed by atoms with Gasteiger partial charge in [0.2, 0.25) is 5.91 Å². The van der Waals surface area contributed by atoms with Gasteiger partial charge in [-0.25, -0.2) is 4.79 Å². The van der Waals surface area contributed by atoms with Crippen molar-refractivity contribution in [1.29, 1.82) is 0 Å². The molecular formula is C10H19ClN2O2. The number of nitrogens with zero attached hydrogens (tertiary/aromatic N) is 1. The van der Waals surface area contributed by atoms with Gasteiger partial charge in [-0.2, -0.15) is 0 Å². The molecule has 0 radical (unpaired) electrons. The van der Waals surface area contributed by atoms with Crippen LogP contribution in [0.25, 0.3) is 0 Å². The number of carbonyl (C=O) groups is 2. The second kappa shape index (κ2) is 5.95. The molecular weight excluding hydrogens is 216 g/mol. The molecule has 0 fully saturated rings. The Bertz CT molecular complexity index is 242.